The van der Waals surface area contributed by atoms with E-state index < -0.39 is 10.0 Å². The SMILES string of the molecule is CC1CN(S(=O)(=O)c2ccsc2CNC2CC2)C(C)CO1. The second kappa shape index (κ2) is 5.96. The van der Waals surface area contributed by atoms with Gasteiger partial charge >= 0.3 is 0 Å². The van der Waals surface area contributed by atoms with E-state index in [0.717, 1.165) is 4.88 Å². The summed E-state index contributed by atoms with van der Waals surface area (Å²) in [6.45, 7) is 5.34. The third-order valence-corrected chi connectivity index (χ3v) is 7.09. The van der Waals surface area contributed by atoms with Crippen LogP contribution in [0.4, 0.5) is 0 Å². The fourth-order valence-corrected chi connectivity index (χ4v) is 5.61. The minimum Gasteiger partial charge on any atom is -0.375 e. The standard InChI is InChI=1S/C14H22N2O3S2/c1-10-9-19-11(2)8-16(10)21(17,18)14-5-6-20-13(14)7-15-12-3-4-12/h5-6,10-12,15H,3-4,7-9H2,1-2H3. The first kappa shape index (κ1) is 15.4. The van der Waals surface area contributed by atoms with Gasteiger partial charge in [0, 0.05) is 30.1 Å². The second-order valence-electron chi connectivity index (χ2n) is 5.93. The number of hydrogen-bond donors (Lipinski definition) is 1. The predicted octanol–water partition coefficient (Wildman–Crippen LogP) is 1.80. The molecule has 5 nitrogen and oxygen atoms in total. The molecule has 2 aliphatic rings. The number of nitrogens with zero attached hydrogens (tertiary/aromatic N) is 1. The average Bonchev–Trinajstić information content (AvgIpc) is 3.15. The van der Waals surface area contributed by atoms with Gasteiger partial charge in [-0.25, -0.2) is 8.42 Å². The van der Waals surface area contributed by atoms with Crippen LogP contribution in [-0.4, -0.2) is 44.1 Å². The van der Waals surface area contributed by atoms with Crippen LogP contribution in [0, 0.1) is 0 Å². The number of sulfonamides is 1. The maximum atomic E-state index is 12.9. The fourth-order valence-electron chi connectivity index (χ4n) is 2.55. The Morgan fingerprint density at radius 3 is 2.90 bits per heavy atom. The molecule has 2 fully saturated rings. The van der Waals surface area contributed by atoms with Crippen molar-refractivity contribution >= 4 is 21.4 Å². The van der Waals surface area contributed by atoms with E-state index in [4.69, 9.17) is 4.74 Å². The molecule has 0 radical (unpaired) electrons. The van der Waals surface area contributed by atoms with Crippen LogP contribution in [-0.2, 0) is 21.3 Å². The molecule has 0 aromatic carbocycles. The van der Waals surface area contributed by atoms with Crippen LogP contribution in [0.15, 0.2) is 16.3 Å². The minimum atomic E-state index is -3.44. The molecule has 0 spiro atoms. The van der Waals surface area contributed by atoms with Crippen LogP contribution in [0.5, 0.6) is 0 Å². The van der Waals surface area contributed by atoms with Gasteiger partial charge < -0.3 is 10.1 Å². The van der Waals surface area contributed by atoms with Gasteiger partial charge in [-0.2, -0.15) is 4.31 Å². The van der Waals surface area contributed by atoms with E-state index in [1.165, 1.54) is 24.2 Å². The van der Waals surface area contributed by atoms with Gasteiger partial charge in [-0.15, -0.1) is 11.3 Å². The molecule has 1 aromatic rings. The van der Waals surface area contributed by atoms with Gasteiger partial charge in [0.05, 0.1) is 17.6 Å². The number of thiophene rings is 1. The van der Waals surface area contributed by atoms with Crippen molar-refractivity contribution in [1.82, 2.24) is 9.62 Å². The monoisotopic (exact) mass is 330 g/mol. The summed E-state index contributed by atoms with van der Waals surface area (Å²) in [6.07, 6.45) is 2.35. The lowest BCUT2D eigenvalue weighted by molar-refractivity contribution is -0.0170. The molecule has 1 aromatic heterocycles. The third kappa shape index (κ3) is 3.32. The molecule has 1 saturated heterocycles. The molecule has 1 saturated carbocycles. The molecule has 1 N–H and O–H groups in total. The first-order chi connectivity index (χ1) is 9.98. The Balaban J connectivity index is 1.81. The van der Waals surface area contributed by atoms with E-state index in [0.29, 0.717) is 30.6 Å². The highest BCUT2D eigenvalue weighted by Gasteiger charge is 2.35. The quantitative estimate of drug-likeness (QED) is 0.894. The number of morpholine rings is 1. The van der Waals surface area contributed by atoms with Crippen molar-refractivity contribution < 1.29 is 13.2 Å². The molecule has 2 atom stereocenters. The van der Waals surface area contributed by atoms with Crippen molar-refractivity contribution in [2.45, 2.75) is 56.3 Å². The van der Waals surface area contributed by atoms with Crippen molar-refractivity contribution in [3.05, 3.63) is 16.3 Å². The van der Waals surface area contributed by atoms with E-state index in [-0.39, 0.29) is 12.1 Å². The summed E-state index contributed by atoms with van der Waals surface area (Å²) in [6, 6.07) is 2.19. The average molecular weight is 330 g/mol. The van der Waals surface area contributed by atoms with Gasteiger partial charge in [0.15, 0.2) is 0 Å². The predicted molar refractivity (Wildman–Crippen MR) is 82.9 cm³/mol. The highest BCUT2D eigenvalue weighted by molar-refractivity contribution is 7.89. The van der Waals surface area contributed by atoms with Crippen LogP contribution >= 0.6 is 11.3 Å². The molecule has 21 heavy (non-hydrogen) atoms. The van der Waals surface area contributed by atoms with Crippen molar-refractivity contribution in [3.63, 3.8) is 0 Å². The summed E-state index contributed by atoms with van der Waals surface area (Å²) in [5.74, 6) is 0. The van der Waals surface area contributed by atoms with Gasteiger partial charge in [-0.05, 0) is 38.1 Å². The summed E-state index contributed by atoms with van der Waals surface area (Å²) < 4.78 is 33.0. The molecule has 0 bridgehead atoms. The van der Waals surface area contributed by atoms with Crippen molar-refractivity contribution in [1.29, 1.82) is 0 Å². The molecule has 2 heterocycles. The van der Waals surface area contributed by atoms with Crippen LogP contribution in [0.3, 0.4) is 0 Å². The summed E-state index contributed by atoms with van der Waals surface area (Å²) in [4.78, 5) is 1.37. The molecule has 0 amide bonds. The summed E-state index contributed by atoms with van der Waals surface area (Å²) in [5.41, 5.74) is 0. The van der Waals surface area contributed by atoms with Crippen molar-refractivity contribution in [2.24, 2.45) is 0 Å². The summed E-state index contributed by atoms with van der Waals surface area (Å²) in [7, 11) is -3.44. The first-order valence-corrected chi connectivity index (χ1v) is 9.73. The fraction of sp³-hybridized carbons (Fsp3) is 0.714. The lowest BCUT2D eigenvalue weighted by Gasteiger charge is -2.35. The Morgan fingerprint density at radius 2 is 2.19 bits per heavy atom. The molecule has 3 rings (SSSR count). The number of rotatable bonds is 5. The largest absolute Gasteiger partial charge is 0.375 e. The molecular formula is C14H22N2O3S2. The lowest BCUT2D eigenvalue weighted by atomic mass is 10.2. The highest BCUT2D eigenvalue weighted by atomic mass is 32.2. The Kier molecular flexibility index (Phi) is 4.38. The number of hydrogen-bond acceptors (Lipinski definition) is 5. The molecule has 118 valence electrons. The van der Waals surface area contributed by atoms with Gasteiger partial charge in [-0.1, -0.05) is 0 Å². The third-order valence-electron chi connectivity index (χ3n) is 3.97. The Morgan fingerprint density at radius 1 is 1.43 bits per heavy atom. The van der Waals surface area contributed by atoms with E-state index in [1.807, 2.05) is 19.2 Å². The van der Waals surface area contributed by atoms with Crippen LogP contribution in [0.1, 0.15) is 31.6 Å². The number of ether oxygens (including phenoxy) is 1. The van der Waals surface area contributed by atoms with Crippen LogP contribution in [0.2, 0.25) is 0 Å². The first-order valence-electron chi connectivity index (χ1n) is 7.41. The molecule has 7 heteroatoms. The second-order valence-corrected chi connectivity index (χ2v) is 8.79. The maximum Gasteiger partial charge on any atom is 0.244 e. The molecular weight excluding hydrogens is 308 g/mol. The zero-order valence-corrected chi connectivity index (χ0v) is 14.0. The summed E-state index contributed by atoms with van der Waals surface area (Å²) in [5, 5.41) is 5.26. The maximum absolute atomic E-state index is 12.9. The molecule has 1 aliphatic carbocycles. The van der Waals surface area contributed by atoms with Gasteiger partial charge in [0.1, 0.15) is 0 Å². The van der Waals surface area contributed by atoms with Crippen molar-refractivity contribution in [2.75, 3.05) is 13.2 Å². The minimum absolute atomic E-state index is 0.0531. The zero-order valence-electron chi connectivity index (χ0n) is 12.4. The highest BCUT2D eigenvalue weighted by Crippen LogP contribution is 2.29. The summed E-state index contributed by atoms with van der Waals surface area (Å²) >= 11 is 1.51. The number of nitrogens with one attached hydrogen (secondary N) is 1. The van der Waals surface area contributed by atoms with Crippen LogP contribution in [0.25, 0.3) is 0 Å². The van der Waals surface area contributed by atoms with Crippen molar-refractivity contribution in [3.8, 4) is 0 Å². The Labute approximate surface area is 130 Å². The van der Waals surface area contributed by atoms with E-state index in [9.17, 15) is 8.42 Å². The lowest BCUT2D eigenvalue weighted by Crippen LogP contribution is -2.50. The van der Waals surface area contributed by atoms with Crippen LogP contribution < -0.4 is 5.32 Å². The van der Waals surface area contributed by atoms with E-state index in [1.54, 1.807) is 10.4 Å². The zero-order chi connectivity index (χ0) is 15.0. The normalized spacial score (nSPS) is 27.9. The van der Waals surface area contributed by atoms with E-state index >= 15 is 0 Å². The van der Waals surface area contributed by atoms with Gasteiger partial charge in [0.2, 0.25) is 10.0 Å². The van der Waals surface area contributed by atoms with Gasteiger partial charge in [-0.3, -0.25) is 0 Å². The Hall–Kier alpha value is -0.470. The Bertz CT molecular complexity index is 595. The molecule has 1 aliphatic heterocycles. The topological polar surface area (TPSA) is 58.6 Å². The van der Waals surface area contributed by atoms with Gasteiger partial charge in [0.25, 0.3) is 0 Å². The smallest absolute Gasteiger partial charge is 0.244 e. The molecule has 2 unspecified atom stereocenters. The van der Waals surface area contributed by atoms with E-state index in [2.05, 4.69) is 5.32 Å².